The van der Waals surface area contributed by atoms with Crippen molar-refractivity contribution in [3.05, 3.63) is 93.0 Å². The topological polar surface area (TPSA) is 395 Å². The van der Waals surface area contributed by atoms with Crippen molar-refractivity contribution in [2.75, 3.05) is 52.9 Å². The minimum atomic E-state index is -1.67. The van der Waals surface area contributed by atoms with Crippen LogP contribution < -0.4 is 315 Å². The predicted octanol–water partition coefficient (Wildman–Crippen LogP) is -14.7. The van der Waals surface area contributed by atoms with E-state index in [0.29, 0.717) is 51.4 Å². The van der Waals surface area contributed by atoms with Gasteiger partial charge in [0.25, 0.3) is 0 Å². The van der Waals surface area contributed by atoms with E-state index in [4.69, 9.17) is 37.9 Å². The van der Waals surface area contributed by atoms with E-state index in [1.54, 1.807) is 24.3 Å². The van der Waals surface area contributed by atoms with Gasteiger partial charge in [0.2, 0.25) is 0 Å². The number of aliphatic carboxylic acids is 8. The molecule has 0 aromatic heterocycles. The molecule has 0 atom stereocenters. The molecule has 0 amide bonds. The van der Waals surface area contributed by atoms with E-state index in [0.717, 1.165) is 180 Å². The number of carbonyl (C=O) groups is 8. The van der Waals surface area contributed by atoms with Crippen molar-refractivity contribution < 1.29 is 354 Å². The van der Waals surface area contributed by atoms with Crippen LogP contribution in [0.5, 0.6) is 46.0 Å². The molecule has 4 aromatic rings. The Balaban J connectivity index is -0.00000841. The first-order chi connectivity index (χ1) is 54.1. The van der Waals surface area contributed by atoms with Gasteiger partial charge in [0.15, 0.2) is 0 Å². The smallest absolute Gasteiger partial charge is 0.546 e. The van der Waals surface area contributed by atoms with E-state index in [9.17, 15) is 79.2 Å². The molecule has 0 heterocycles. The van der Waals surface area contributed by atoms with Crippen LogP contribution in [0.3, 0.4) is 0 Å². The van der Waals surface area contributed by atoms with Gasteiger partial charge >= 0.3 is 236 Å². The third-order valence-electron chi connectivity index (χ3n) is 20.7. The minimum absolute atomic E-state index is 0. The summed E-state index contributed by atoms with van der Waals surface area (Å²) in [5.41, 5.74) is 1.62. The van der Waals surface area contributed by atoms with E-state index >= 15 is 0 Å². The number of carboxylic acid groups (broad SMARTS) is 8. The fourth-order valence-electron chi connectivity index (χ4n) is 15.2. The molecule has 0 spiro atoms. The molecule has 0 unspecified atom stereocenters. The number of rotatable bonds is 64. The maximum atomic E-state index is 12.8. The van der Waals surface area contributed by atoms with E-state index < -0.39 is 124 Å². The molecule has 1 aliphatic carbocycles. The molecule has 4 aromatic carbocycles. The average Bonchev–Trinajstić information content (AvgIpc) is 0.745. The average molecular weight is 1750 g/mol. The Bertz CT molecular complexity index is 2950. The van der Waals surface area contributed by atoms with Crippen molar-refractivity contribution in [3.8, 4) is 46.0 Å². The molecule has 624 valence electrons. The van der Waals surface area contributed by atoms with Crippen LogP contribution in [-0.2, 0) is 38.4 Å². The summed E-state index contributed by atoms with van der Waals surface area (Å²) in [7, 11) is 0. The zero-order valence-electron chi connectivity index (χ0n) is 74.7. The Morgan fingerprint density at radius 2 is 0.300 bits per heavy atom. The van der Waals surface area contributed by atoms with E-state index in [1.165, 1.54) is 24.3 Å². The van der Waals surface area contributed by atoms with Crippen molar-refractivity contribution in [1.29, 1.82) is 0 Å². The van der Waals surface area contributed by atoms with Gasteiger partial charge in [0, 0.05) is 92.4 Å². The molecule has 120 heavy (non-hydrogen) atoms. The van der Waals surface area contributed by atoms with E-state index in [2.05, 4.69) is 27.7 Å². The summed E-state index contributed by atoms with van der Waals surface area (Å²) in [6.07, 6.45) is 32.1. The number of ether oxygens (including phenoxy) is 8. The van der Waals surface area contributed by atoms with Crippen LogP contribution >= 0.6 is 0 Å². The molecule has 0 saturated heterocycles. The summed E-state index contributed by atoms with van der Waals surface area (Å²) in [5.74, 6) is -19.2. The quantitative estimate of drug-likeness (QED) is 0.0293. The molecule has 0 aliphatic heterocycles. The number of unbranched alkanes of at least 4 members (excludes halogenated alkanes) is 32. The number of hydrogen-bond donors (Lipinski definition) is 0. The van der Waals surface area contributed by atoms with Gasteiger partial charge in [0.05, 0.1) is 47.8 Å². The van der Waals surface area contributed by atoms with Crippen molar-refractivity contribution in [3.63, 3.8) is 0 Å². The van der Waals surface area contributed by atoms with Crippen LogP contribution in [0.15, 0.2) is 48.5 Å². The summed E-state index contributed by atoms with van der Waals surface area (Å²) < 4.78 is 50.2. The van der Waals surface area contributed by atoms with Gasteiger partial charge in [-0.05, 0) is 49.9 Å². The number of carbonyl (C=O) groups excluding carboxylic acids is 8. The van der Waals surface area contributed by atoms with Crippen LogP contribution in [0.1, 0.15) is 353 Å². The maximum Gasteiger partial charge on any atom is 1.00 e. The van der Waals surface area contributed by atoms with Crippen LogP contribution in [0.4, 0.5) is 0 Å². The second-order valence-electron chi connectivity index (χ2n) is 29.7. The molecular weight excluding hydrogens is 1620 g/mol. The summed E-state index contributed by atoms with van der Waals surface area (Å²) in [6, 6.07) is 11.9. The Labute approximate surface area is 889 Å². The molecule has 32 heteroatoms. The monoisotopic (exact) mass is 1740 g/mol. The Kier molecular flexibility index (Phi) is 78.1. The summed E-state index contributed by atoms with van der Waals surface area (Å²) in [5, 5.41) is 102. The zero-order valence-corrected chi connectivity index (χ0v) is 90.7. The minimum Gasteiger partial charge on any atom is -0.546 e. The van der Waals surface area contributed by atoms with Crippen molar-refractivity contribution >= 4 is 47.8 Å². The third kappa shape index (κ3) is 49.2. The molecule has 0 N–H and O–H groups in total. The molecule has 24 nitrogen and oxygen atoms in total. The number of benzene rings is 4. The van der Waals surface area contributed by atoms with Gasteiger partial charge in [-0.3, -0.25) is 0 Å². The zero-order chi connectivity index (χ0) is 81.4. The standard InChI is InChI=1S/C88H128O24.8Na/c1-5-9-13-17-21-25-29-33-37-41-61-65-45-67(75(107-55-83(93)94)49-73(65)105-53-81(89)90)62(42-38-34-30-26-22-18-14-10-6-2)69-47-71(79(111-59-87(101)102)51-77(69)109-57-85(97)98)64(44-40-36-32-28-24-20-16-12-8-4)72-48-70(78(110-58-86(99)100)52-80(72)112-60-88(103)104)63(43-39-35-31-27-23-19-15-11-7-3)68-46-66(61)74(106-54-82(91)92)50-76(68)108-56-84(95)96;;;;;;;;/h45-52,61-64H,5-44,53-60H2,1-4H3,(H,89,90)(H,91,92)(H,93,94)(H,95,96)(H,97,98)(H,99,100)(H,101,102)(H,103,104);;;;;;;;/q;8*+1/p-8. The van der Waals surface area contributed by atoms with Crippen LogP contribution in [-0.4, -0.2) is 101 Å². The molecule has 0 fully saturated rings. The van der Waals surface area contributed by atoms with Crippen LogP contribution in [0, 0.1) is 0 Å². The van der Waals surface area contributed by atoms with Crippen molar-refractivity contribution in [2.24, 2.45) is 0 Å². The fourth-order valence-corrected chi connectivity index (χ4v) is 15.2. The van der Waals surface area contributed by atoms with Crippen molar-refractivity contribution in [2.45, 2.75) is 308 Å². The fraction of sp³-hybridized carbons (Fsp3) is 0.636. The van der Waals surface area contributed by atoms with Gasteiger partial charge in [-0.25, -0.2) is 0 Å². The molecular formula is C88H120Na8O24. The molecule has 5 rings (SSSR count). The molecule has 1 aliphatic rings. The maximum absolute atomic E-state index is 12.8. The predicted molar refractivity (Wildman–Crippen MR) is 405 cm³/mol. The van der Waals surface area contributed by atoms with E-state index in [-0.39, 0.29) is 353 Å². The Morgan fingerprint density at radius 1 is 0.192 bits per heavy atom. The number of hydrogen-bond acceptors (Lipinski definition) is 24. The largest absolute Gasteiger partial charge is 1.00 e. The van der Waals surface area contributed by atoms with Gasteiger partial charge in [-0.2, -0.15) is 0 Å². The van der Waals surface area contributed by atoms with Gasteiger partial charge < -0.3 is 117 Å². The second kappa shape index (κ2) is 74.8. The summed E-state index contributed by atoms with van der Waals surface area (Å²) in [4.78, 5) is 102. The first-order valence-corrected chi connectivity index (χ1v) is 41.4. The first kappa shape index (κ1) is 125. The van der Waals surface area contributed by atoms with E-state index in [1.807, 2.05) is 0 Å². The van der Waals surface area contributed by atoms with Gasteiger partial charge in [0.1, 0.15) is 98.9 Å². The van der Waals surface area contributed by atoms with Gasteiger partial charge in [-0.15, -0.1) is 0 Å². The third-order valence-corrected chi connectivity index (χ3v) is 20.7. The van der Waals surface area contributed by atoms with Crippen LogP contribution in [0.2, 0.25) is 0 Å². The second-order valence-corrected chi connectivity index (χ2v) is 29.7. The van der Waals surface area contributed by atoms with Crippen LogP contribution in [0.25, 0.3) is 0 Å². The Morgan fingerprint density at radius 3 is 0.408 bits per heavy atom. The SMILES string of the molecule is CCCCCCCCCCCC1c2cc(c(OCC(=O)[O-])cc2OCC(=O)[O-])C(CCCCCCCCCCC)c2cc(c(OCC(=O)[O-])cc2OCC(=O)[O-])C(CCCCCCCCCCC)c2cc(c(OCC(=O)[O-])cc2OCC(=O)[O-])C(CCCCCCCCCCC)c2cc1c(OCC(=O)[O-])cc2OCC(=O)[O-].[Na+].[Na+].[Na+].[Na+].[Na+].[Na+].[Na+].[Na+]. The number of carboxylic acids is 8. The summed E-state index contributed by atoms with van der Waals surface area (Å²) >= 11 is 0. The van der Waals surface area contributed by atoms with Gasteiger partial charge in [-0.1, -0.05) is 259 Å². The normalized spacial score (nSPS) is 13.4. The molecule has 8 bridgehead atoms. The van der Waals surface area contributed by atoms with Crippen molar-refractivity contribution in [1.82, 2.24) is 0 Å². The summed E-state index contributed by atoms with van der Waals surface area (Å²) in [6.45, 7) is -0.0757. The molecule has 0 saturated carbocycles. The molecule has 0 radical (unpaired) electrons. The number of fused-ring (bicyclic) bond motifs is 8. The first-order valence-electron chi connectivity index (χ1n) is 41.4. The Hall–Kier alpha value is -0.960.